The van der Waals surface area contributed by atoms with Crippen LogP contribution in [0.5, 0.6) is 5.75 Å². The molecule has 0 spiro atoms. The number of ketones is 1. The standard InChI is InChI=1S/C17H18BrNO2/c1-10-4-7-14(17(19)11(10)2)16(20)8-12-5-6-13(21-3)9-15(12)18/h4-7,9H,8,19H2,1-3H3. The van der Waals surface area contributed by atoms with Gasteiger partial charge in [0, 0.05) is 22.1 Å². The van der Waals surface area contributed by atoms with Crippen LogP contribution in [0.2, 0.25) is 0 Å². The van der Waals surface area contributed by atoms with E-state index in [1.165, 1.54) is 0 Å². The summed E-state index contributed by atoms with van der Waals surface area (Å²) in [6.07, 6.45) is 0.303. The Morgan fingerprint density at radius 3 is 2.57 bits per heavy atom. The summed E-state index contributed by atoms with van der Waals surface area (Å²) in [7, 11) is 1.61. The van der Waals surface area contributed by atoms with Gasteiger partial charge in [0.1, 0.15) is 5.75 Å². The molecule has 0 saturated carbocycles. The Hall–Kier alpha value is -1.81. The molecule has 0 bridgehead atoms. The molecule has 2 rings (SSSR count). The van der Waals surface area contributed by atoms with Gasteiger partial charge in [-0.05, 0) is 48.7 Å². The van der Waals surface area contributed by atoms with Gasteiger partial charge in [-0.25, -0.2) is 0 Å². The third kappa shape index (κ3) is 3.27. The lowest BCUT2D eigenvalue weighted by Gasteiger charge is -2.11. The first kappa shape index (κ1) is 15.6. The molecule has 2 aromatic rings. The van der Waals surface area contributed by atoms with Gasteiger partial charge in [-0.1, -0.05) is 28.1 Å². The molecular weight excluding hydrogens is 330 g/mol. The lowest BCUT2D eigenvalue weighted by molar-refractivity contribution is 0.0993. The van der Waals surface area contributed by atoms with E-state index < -0.39 is 0 Å². The molecule has 2 aromatic carbocycles. The molecule has 2 N–H and O–H groups in total. The Morgan fingerprint density at radius 2 is 1.95 bits per heavy atom. The number of rotatable bonds is 4. The van der Waals surface area contributed by atoms with Crippen molar-refractivity contribution in [2.45, 2.75) is 20.3 Å². The minimum absolute atomic E-state index is 0.0152. The second-order valence-electron chi connectivity index (χ2n) is 5.03. The molecule has 0 radical (unpaired) electrons. The number of carbonyl (C=O) groups is 1. The second kappa shape index (κ2) is 6.31. The van der Waals surface area contributed by atoms with Crippen LogP contribution in [0.1, 0.15) is 27.0 Å². The van der Waals surface area contributed by atoms with Gasteiger partial charge in [0.25, 0.3) is 0 Å². The Labute approximate surface area is 133 Å². The zero-order valence-corrected chi connectivity index (χ0v) is 14.0. The van der Waals surface area contributed by atoms with Crippen molar-refractivity contribution in [3.63, 3.8) is 0 Å². The number of nitrogens with two attached hydrogens (primary N) is 1. The molecule has 0 aliphatic rings. The van der Waals surface area contributed by atoms with Crippen LogP contribution in [0.15, 0.2) is 34.8 Å². The zero-order valence-electron chi connectivity index (χ0n) is 12.4. The number of nitrogen functional groups attached to an aromatic ring is 1. The van der Waals surface area contributed by atoms with Gasteiger partial charge >= 0.3 is 0 Å². The molecule has 3 nitrogen and oxygen atoms in total. The van der Waals surface area contributed by atoms with Crippen molar-refractivity contribution in [1.29, 1.82) is 0 Å². The van der Waals surface area contributed by atoms with Gasteiger partial charge < -0.3 is 10.5 Å². The maximum absolute atomic E-state index is 12.5. The van der Waals surface area contributed by atoms with E-state index in [0.29, 0.717) is 17.7 Å². The van der Waals surface area contributed by atoms with Crippen molar-refractivity contribution in [3.05, 3.63) is 57.1 Å². The van der Waals surface area contributed by atoms with Crippen LogP contribution in [-0.4, -0.2) is 12.9 Å². The SMILES string of the molecule is COc1ccc(CC(=O)c2ccc(C)c(C)c2N)c(Br)c1. The van der Waals surface area contributed by atoms with Gasteiger partial charge in [-0.2, -0.15) is 0 Å². The lowest BCUT2D eigenvalue weighted by atomic mass is 9.97. The normalized spacial score (nSPS) is 10.5. The topological polar surface area (TPSA) is 52.3 Å². The van der Waals surface area contributed by atoms with Crippen LogP contribution < -0.4 is 10.5 Å². The van der Waals surface area contributed by atoms with Crippen LogP contribution in [0.3, 0.4) is 0 Å². The van der Waals surface area contributed by atoms with E-state index in [4.69, 9.17) is 10.5 Å². The molecule has 0 amide bonds. The molecular formula is C17H18BrNO2. The highest BCUT2D eigenvalue weighted by molar-refractivity contribution is 9.10. The Balaban J connectivity index is 2.28. The van der Waals surface area contributed by atoms with Crippen molar-refractivity contribution >= 4 is 27.4 Å². The predicted octanol–water partition coefficient (Wildman–Crippen LogP) is 4.08. The number of hydrogen-bond donors (Lipinski definition) is 1. The highest BCUT2D eigenvalue weighted by Gasteiger charge is 2.14. The fraction of sp³-hybridized carbons (Fsp3) is 0.235. The smallest absolute Gasteiger partial charge is 0.169 e. The lowest BCUT2D eigenvalue weighted by Crippen LogP contribution is -2.09. The molecule has 0 heterocycles. The first-order valence-electron chi connectivity index (χ1n) is 6.65. The van der Waals surface area contributed by atoms with E-state index in [1.807, 2.05) is 38.1 Å². The summed E-state index contributed by atoms with van der Waals surface area (Å²) in [4.78, 5) is 12.5. The predicted molar refractivity (Wildman–Crippen MR) is 89.1 cm³/mol. The Bertz CT molecular complexity index is 695. The van der Waals surface area contributed by atoms with Gasteiger partial charge in [-0.15, -0.1) is 0 Å². The number of halogens is 1. The molecule has 4 heteroatoms. The minimum atomic E-state index is 0.0152. The molecule has 0 aliphatic heterocycles. The molecule has 21 heavy (non-hydrogen) atoms. The monoisotopic (exact) mass is 347 g/mol. The van der Waals surface area contributed by atoms with Crippen LogP contribution in [0, 0.1) is 13.8 Å². The van der Waals surface area contributed by atoms with Gasteiger partial charge in [0.2, 0.25) is 0 Å². The van der Waals surface area contributed by atoms with Crippen molar-refractivity contribution in [3.8, 4) is 5.75 Å². The van der Waals surface area contributed by atoms with E-state index in [-0.39, 0.29) is 5.78 Å². The van der Waals surface area contributed by atoms with Crippen LogP contribution in [-0.2, 0) is 6.42 Å². The van der Waals surface area contributed by atoms with E-state index in [9.17, 15) is 4.79 Å². The summed E-state index contributed by atoms with van der Waals surface area (Å²) >= 11 is 3.47. The molecule has 0 fully saturated rings. The van der Waals surface area contributed by atoms with E-state index >= 15 is 0 Å². The van der Waals surface area contributed by atoms with Gasteiger partial charge in [0.15, 0.2) is 5.78 Å². The molecule has 0 atom stereocenters. The third-order valence-corrected chi connectivity index (χ3v) is 4.44. The average molecular weight is 348 g/mol. The van der Waals surface area contributed by atoms with Crippen molar-refractivity contribution in [2.75, 3.05) is 12.8 Å². The number of hydrogen-bond acceptors (Lipinski definition) is 3. The van der Waals surface area contributed by atoms with E-state index in [2.05, 4.69) is 15.9 Å². The van der Waals surface area contributed by atoms with Gasteiger partial charge in [0.05, 0.1) is 7.11 Å². The summed E-state index contributed by atoms with van der Waals surface area (Å²) < 4.78 is 6.01. The average Bonchev–Trinajstić information content (AvgIpc) is 2.46. The molecule has 0 unspecified atom stereocenters. The number of carbonyl (C=O) groups excluding carboxylic acids is 1. The number of benzene rings is 2. The van der Waals surface area contributed by atoms with Gasteiger partial charge in [-0.3, -0.25) is 4.79 Å². The second-order valence-corrected chi connectivity index (χ2v) is 5.88. The maximum atomic E-state index is 12.5. The van der Waals surface area contributed by atoms with Crippen molar-refractivity contribution in [2.24, 2.45) is 0 Å². The highest BCUT2D eigenvalue weighted by Crippen LogP contribution is 2.26. The largest absolute Gasteiger partial charge is 0.497 e. The summed E-state index contributed by atoms with van der Waals surface area (Å²) in [5.74, 6) is 0.769. The van der Waals surface area contributed by atoms with Crippen molar-refractivity contribution < 1.29 is 9.53 Å². The Kier molecular flexibility index (Phi) is 4.68. The third-order valence-electron chi connectivity index (χ3n) is 3.70. The molecule has 0 saturated heterocycles. The van der Waals surface area contributed by atoms with Crippen LogP contribution >= 0.6 is 15.9 Å². The quantitative estimate of drug-likeness (QED) is 0.669. The van der Waals surface area contributed by atoms with E-state index in [1.54, 1.807) is 13.2 Å². The number of anilines is 1. The first-order valence-corrected chi connectivity index (χ1v) is 7.44. The highest BCUT2D eigenvalue weighted by atomic mass is 79.9. The molecule has 0 aliphatic carbocycles. The number of methoxy groups -OCH3 is 1. The minimum Gasteiger partial charge on any atom is -0.497 e. The fourth-order valence-corrected chi connectivity index (χ4v) is 2.65. The number of aryl methyl sites for hydroxylation is 1. The van der Waals surface area contributed by atoms with Crippen molar-refractivity contribution in [1.82, 2.24) is 0 Å². The van der Waals surface area contributed by atoms with Crippen LogP contribution in [0.25, 0.3) is 0 Å². The molecule has 0 aromatic heterocycles. The zero-order chi connectivity index (χ0) is 15.6. The number of Topliss-reactive ketones (excluding diaryl/α,β-unsaturated/α-hetero) is 1. The summed E-state index contributed by atoms with van der Waals surface area (Å²) in [5, 5.41) is 0. The van der Waals surface area contributed by atoms with Crippen LogP contribution in [0.4, 0.5) is 5.69 Å². The Morgan fingerprint density at radius 1 is 1.24 bits per heavy atom. The number of ether oxygens (including phenoxy) is 1. The molecule has 110 valence electrons. The summed E-state index contributed by atoms with van der Waals surface area (Å²) in [6.45, 7) is 3.92. The first-order chi connectivity index (χ1) is 9.93. The fourth-order valence-electron chi connectivity index (χ4n) is 2.15. The van der Waals surface area contributed by atoms with E-state index in [0.717, 1.165) is 26.9 Å². The summed E-state index contributed by atoms with van der Waals surface area (Å²) in [5.41, 5.74) is 10.2. The maximum Gasteiger partial charge on any atom is 0.169 e. The summed E-state index contributed by atoms with van der Waals surface area (Å²) in [6, 6.07) is 9.32.